The number of methoxy groups -OCH3 is 3. The Hall–Kier alpha value is -3.48. The van der Waals surface area contributed by atoms with Crippen LogP contribution in [0.4, 0.5) is 0 Å². The highest BCUT2D eigenvalue weighted by atomic mass is 16.5. The van der Waals surface area contributed by atoms with Crippen molar-refractivity contribution < 1.29 is 23.4 Å². The molecular weight excluding hydrogens is 362 g/mol. The molecule has 0 fully saturated rings. The van der Waals surface area contributed by atoms with Crippen molar-refractivity contribution >= 4 is 16.9 Å². The van der Waals surface area contributed by atoms with Gasteiger partial charge in [0, 0.05) is 23.1 Å². The number of hydrogen-bond acceptors (Lipinski definition) is 6. The van der Waals surface area contributed by atoms with Crippen LogP contribution < -0.4 is 25.2 Å². The lowest BCUT2D eigenvalue weighted by atomic mass is 10.0. The fourth-order valence-corrected chi connectivity index (χ4v) is 2.99. The molecule has 2 aromatic carbocycles. The first-order valence-corrected chi connectivity index (χ1v) is 8.61. The van der Waals surface area contributed by atoms with E-state index in [0.29, 0.717) is 22.6 Å². The molecule has 146 valence electrons. The van der Waals surface area contributed by atoms with Crippen LogP contribution in [0.25, 0.3) is 11.0 Å². The van der Waals surface area contributed by atoms with Crippen LogP contribution in [0.1, 0.15) is 28.9 Å². The Labute approximate surface area is 161 Å². The minimum absolute atomic E-state index is 0.225. The number of ether oxygens (including phenoxy) is 3. The van der Waals surface area contributed by atoms with Crippen LogP contribution in [0.3, 0.4) is 0 Å². The van der Waals surface area contributed by atoms with Crippen molar-refractivity contribution in [3.8, 4) is 17.2 Å². The Morgan fingerprint density at radius 1 is 0.964 bits per heavy atom. The Morgan fingerprint density at radius 3 is 2.32 bits per heavy atom. The second-order valence-electron chi connectivity index (χ2n) is 6.14. The second kappa shape index (κ2) is 8.04. The molecule has 0 saturated carbocycles. The lowest BCUT2D eigenvalue weighted by Crippen LogP contribution is -2.28. The molecule has 0 aliphatic heterocycles. The Morgan fingerprint density at radius 2 is 1.64 bits per heavy atom. The molecule has 1 heterocycles. The molecule has 3 rings (SSSR count). The minimum atomic E-state index is -0.613. The fourth-order valence-electron chi connectivity index (χ4n) is 2.99. The van der Waals surface area contributed by atoms with E-state index in [-0.39, 0.29) is 11.1 Å². The normalized spacial score (nSPS) is 11.7. The van der Waals surface area contributed by atoms with Crippen molar-refractivity contribution in [3.63, 3.8) is 0 Å². The zero-order chi connectivity index (χ0) is 20.3. The predicted molar refractivity (Wildman–Crippen MR) is 104 cm³/mol. The SMILES string of the molecule is COc1ccc(OC)c(C(C)NC(=O)c2cc(=O)oc3cc(OC)ccc23)c1. The van der Waals surface area contributed by atoms with E-state index < -0.39 is 17.6 Å². The summed E-state index contributed by atoms with van der Waals surface area (Å²) in [5, 5.41) is 3.42. The van der Waals surface area contributed by atoms with Crippen LogP contribution in [-0.2, 0) is 0 Å². The van der Waals surface area contributed by atoms with Gasteiger partial charge < -0.3 is 23.9 Å². The van der Waals surface area contributed by atoms with Gasteiger partial charge in [0.1, 0.15) is 22.8 Å². The van der Waals surface area contributed by atoms with E-state index in [1.54, 1.807) is 50.6 Å². The number of amides is 1. The third-order valence-corrected chi connectivity index (χ3v) is 4.45. The third kappa shape index (κ3) is 3.78. The second-order valence-corrected chi connectivity index (χ2v) is 6.14. The molecule has 28 heavy (non-hydrogen) atoms. The molecular formula is C21H21NO6. The summed E-state index contributed by atoms with van der Waals surface area (Å²) in [6, 6.07) is 11.1. The predicted octanol–water partition coefficient (Wildman–Crippen LogP) is 3.31. The van der Waals surface area contributed by atoms with Gasteiger partial charge in [-0.15, -0.1) is 0 Å². The molecule has 0 aliphatic rings. The molecule has 0 bridgehead atoms. The molecule has 7 nitrogen and oxygen atoms in total. The lowest BCUT2D eigenvalue weighted by molar-refractivity contribution is 0.0940. The van der Waals surface area contributed by atoms with Crippen molar-refractivity contribution in [2.24, 2.45) is 0 Å². The van der Waals surface area contributed by atoms with Gasteiger partial charge in [-0.2, -0.15) is 0 Å². The average Bonchev–Trinajstić information content (AvgIpc) is 2.71. The van der Waals surface area contributed by atoms with Crippen LogP contribution in [-0.4, -0.2) is 27.2 Å². The van der Waals surface area contributed by atoms with Crippen molar-refractivity contribution in [1.82, 2.24) is 5.32 Å². The van der Waals surface area contributed by atoms with Gasteiger partial charge in [-0.25, -0.2) is 4.79 Å². The number of carbonyl (C=O) groups is 1. The highest BCUT2D eigenvalue weighted by Crippen LogP contribution is 2.30. The van der Waals surface area contributed by atoms with Crippen LogP contribution in [0.15, 0.2) is 51.7 Å². The van der Waals surface area contributed by atoms with Crippen LogP contribution >= 0.6 is 0 Å². The largest absolute Gasteiger partial charge is 0.497 e. The molecule has 0 radical (unpaired) electrons. The van der Waals surface area contributed by atoms with E-state index in [9.17, 15) is 9.59 Å². The molecule has 1 N–H and O–H groups in total. The van der Waals surface area contributed by atoms with E-state index in [0.717, 1.165) is 5.56 Å². The topological polar surface area (TPSA) is 87.0 Å². The molecule has 0 aliphatic carbocycles. The minimum Gasteiger partial charge on any atom is -0.497 e. The molecule has 1 amide bonds. The average molecular weight is 383 g/mol. The number of fused-ring (bicyclic) bond motifs is 1. The lowest BCUT2D eigenvalue weighted by Gasteiger charge is -2.18. The highest BCUT2D eigenvalue weighted by molar-refractivity contribution is 6.05. The summed E-state index contributed by atoms with van der Waals surface area (Å²) >= 11 is 0. The van der Waals surface area contributed by atoms with Gasteiger partial charge in [-0.3, -0.25) is 4.79 Å². The zero-order valence-electron chi connectivity index (χ0n) is 16.1. The van der Waals surface area contributed by atoms with Gasteiger partial charge in [-0.1, -0.05) is 0 Å². The molecule has 1 aromatic heterocycles. The standard InChI is InChI=1S/C21H21NO6/c1-12(16-9-13(25-2)6-8-18(16)27-4)22-21(24)17-11-20(23)28-19-10-14(26-3)5-7-15(17)19/h5-12H,1-4H3,(H,22,24). The first-order valence-electron chi connectivity index (χ1n) is 8.61. The smallest absolute Gasteiger partial charge is 0.337 e. The van der Waals surface area contributed by atoms with Gasteiger partial charge in [0.2, 0.25) is 0 Å². The van der Waals surface area contributed by atoms with Gasteiger partial charge in [-0.05, 0) is 37.3 Å². The maximum Gasteiger partial charge on any atom is 0.337 e. The number of carbonyl (C=O) groups excluding carboxylic acids is 1. The van der Waals surface area contributed by atoms with E-state index in [1.807, 2.05) is 6.92 Å². The zero-order valence-corrected chi connectivity index (χ0v) is 16.1. The summed E-state index contributed by atoms with van der Waals surface area (Å²) in [6.07, 6.45) is 0. The Bertz CT molecular complexity index is 1070. The first kappa shape index (κ1) is 19.3. The van der Waals surface area contributed by atoms with Gasteiger partial charge in [0.25, 0.3) is 5.91 Å². The molecule has 1 unspecified atom stereocenters. The van der Waals surface area contributed by atoms with E-state index in [2.05, 4.69) is 5.32 Å². The summed E-state index contributed by atoms with van der Waals surface area (Å²) in [5.41, 5.74) is 0.646. The Kier molecular flexibility index (Phi) is 5.54. The summed E-state index contributed by atoms with van der Waals surface area (Å²) in [4.78, 5) is 24.8. The van der Waals surface area contributed by atoms with Crippen LogP contribution in [0, 0.1) is 0 Å². The fraction of sp³-hybridized carbons (Fsp3) is 0.238. The number of rotatable bonds is 6. The monoisotopic (exact) mass is 383 g/mol. The van der Waals surface area contributed by atoms with Crippen LogP contribution in [0.2, 0.25) is 0 Å². The quantitative estimate of drug-likeness (QED) is 0.657. The van der Waals surface area contributed by atoms with Gasteiger partial charge in [0.15, 0.2) is 0 Å². The van der Waals surface area contributed by atoms with Crippen molar-refractivity contribution in [3.05, 3.63) is 64.0 Å². The summed E-state index contributed by atoms with van der Waals surface area (Å²) in [6.45, 7) is 1.83. The molecule has 0 saturated heterocycles. The van der Waals surface area contributed by atoms with Crippen molar-refractivity contribution in [2.45, 2.75) is 13.0 Å². The molecule has 7 heteroatoms. The van der Waals surface area contributed by atoms with Gasteiger partial charge >= 0.3 is 5.63 Å². The van der Waals surface area contributed by atoms with Crippen molar-refractivity contribution in [1.29, 1.82) is 0 Å². The van der Waals surface area contributed by atoms with E-state index >= 15 is 0 Å². The van der Waals surface area contributed by atoms with Crippen molar-refractivity contribution in [2.75, 3.05) is 21.3 Å². The Balaban J connectivity index is 1.96. The van der Waals surface area contributed by atoms with E-state index in [1.165, 1.54) is 13.2 Å². The molecule has 3 aromatic rings. The molecule has 1 atom stereocenters. The summed E-state index contributed by atoms with van der Waals surface area (Å²) < 4.78 is 21.0. The van der Waals surface area contributed by atoms with Gasteiger partial charge in [0.05, 0.1) is 32.9 Å². The summed E-state index contributed by atoms with van der Waals surface area (Å²) in [5.74, 6) is 1.40. The maximum atomic E-state index is 12.9. The first-order chi connectivity index (χ1) is 13.5. The number of nitrogens with one attached hydrogen (secondary N) is 1. The third-order valence-electron chi connectivity index (χ3n) is 4.45. The summed E-state index contributed by atoms with van der Waals surface area (Å²) in [7, 11) is 4.64. The number of hydrogen-bond donors (Lipinski definition) is 1. The highest BCUT2D eigenvalue weighted by Gasteiger charge is 2.19. The number of benzene rings is 2. The van der Waals surface area contributed by atoms with Crippen LogP contribution in [0.5, 0.6) is 17.2 Å². The van der Waals surface area contributed by atoms with E-state index in [4.69, 9.17) is 18.6 Å². The molecule has 0 spiro atoms. The maximum absolute atomic E-state index is 12.9.